The van der Waals surface area contributed by atoms with E-state index in [1.54, 1.807) is 17.9 Å². The van der Waals surface area contributed by atoms with Gasteiger partial charge < -0.3 is 19.5 Å². The van der Waals surface area contributed by atoms with Crippen LogP contribution in [0.25, 0.3) is 10.8 Å². The number of carbonyl (C=O) groups is 2. The number of fused-ring (bicyclic) bond motifs is 1. The van der Waals surface area contributed by atoms with E-state index in [4.69, 9.17) is 9.26 Å². The number of ether oxygens (including phenoxy) is 1. The molecule has 2 aromatic carbocycles. The molecule has 0 saturated carbocycles. The predicted molar refractivity (Wildman–Crippen MR) is 122 cm³/mol. The highest BCUT2D eigenvalue weighted by atomic mass is 16.5. The van der Waals surface area contributed by atoms with E-state index < -0.39 is 0 Å². The first-order valence-corrected chi connectivity index (χ1v) is 10.9. The van der Waals surface area contributed by atoms with Crippen LogP contribution in [0.4, 0.5) is 5.82 Å². The summed E-state index contributed by atoms with van der Waals surface area (Å²) in [6.45, 7) is 6.29. The van der Waals surface area contributed by atoms with Gasteiger partial charge in [0.2, 0.25) is 5.91 Å². The average molecular weight is 437 g/mol. The van der Waals surface area contributed by atoms with Gasteiger partial charge in [-0.15, -0.1) is 0 Å². The van der Waals surface area contributed by atoms with Gasteiger partial charge in [-0.3, -0.25) is 14.5 Å². The van der Waals surface area contributed by atoms with Crippen molar-refractivity contribution in [3.8, 4) is 0 Å². The molecule has 0 aliphatic carbocycles. The number of rotatable bonds is 8. The van der Waals surface area contributed by atoms with Crippen LogP contribution in [0.2, 0.25) is 0 Å². The smallest absolute Gasteiger partial charge is 0.254 e. The van der Waals surface area contributed by atoms with Gasteiger partial charge in [-0.05, 0) is 36.2 Å². The van der Waals surface area contributed by atoms with Gasteiger partial charge >= 0.3 is 0 Å². The van der Waals surface area contributed by atoms with E-state index in [2.05, 4.69) is 15.4 Å². The number of hydrogen-bond acceptors (Lipinski definition) is 6. The molecule has 0 radical (unpaired) electrons. The molecule has 2 amide bonds. The first kappa shape index (κ1) is 22.0. The molecular formula is C24H28N4O4. The second kappa shape index (κ2) is 10.4. The summed E-state index contributed by atoms with van der Waals surface area (Å²) in [5.74, 6) is 0.483. The monoisotopic (exact) mass is 436 g/mol. The Bertz CT molecular complexity index is 1070. The summed E-state index contributed by atoms with van der Waals surface area (Å²) in [6, 6.07) is 15.2. The molecule has 1 saturated heterocycles. The molecule has 168 valence electrons. The van der Waals surface area contributed by atoms with Gasteiger partial charge in [-0.25, -0.2) is 0 Å². The maximum absolute atomic E-state index is 13.3. The standard InChI is InChI=1S/C24H28N4O4/c1-18-15-22(26-32-18)25-23(29)17-28(10-4-9-27-11-13-31-14-12-27)24(30)21-8-7-19-5-2-3-6-20(19)16-21/h2-3,5-8,15-16H,4,9-14,17H2,1H3,(H,25,26,29). The molecule has 1 fully saturated rings. The number of carbonyl (C=O) groups excluding carboxylic acids is 2. The predicted octanol–water partition coefficient (Wildman–Crippen LogP) is 2.94. The summed E-state index contributed by atoms with van der Waals surface area (Å²) in [5, 5.41) is 8.56. The molecule has 8 heteroatoms. The molecule has 4 rings (SSSR count). The Morgan fingerprint density at radius 3 is 2.62 bits per heavy atom. The van der Waals surface area contributed by atoms with Crippen molar-refractivity contribution in [3.63, 3.8) is 0 Å². The van der Waals surface area contributed by atoms with Gasteiger partial charge in [-0.1, -0.05) is 35.5 Å². The van der Waals surface area contributed by atoms with Crippen molar-refractivity contribution in [1.29, 1.82) is 0 Å². The van der Waals surface area contributed by atoms with Crippen molar-refractivity contribution < 1.29 is 18.8 Å². The lowest BCUT2D eigenvalue weighted by atomic mass is 10.1. The lowest BCUT2D eigenvalue weighted by Gasteiger charge is -2.28. The van der Waals surface area contributed by atoms with Crippen LogP contribution in [0.5, 0.6) is 0 Å². The molecule has 3 aromatic rings. The van der Waals surface area contributed by atoms with Gasteiger partial charge in [-0.2, -0.15) is 0 Å². The first-order chi connectivity index (χ1) is 15.6. The third-order valence-electron chi connectivity index (χ3n) is 5.52. The number of amides is 2. The normalized spacial score (nSPS) is 14.4. The van der Waals surface area contributed by atoms with Crippen molar-refractivity contribution in [1.82, 2.24) is 15.0 Å². The Kier molecular flexibility index (Phi) is 7.14. The summed E-state index contributed by atoms with van der Waals surface area (Å²) < 4.78 is 10.4. The average Bonchev–Trinajstić information content (AvgIpc) is 3.22. The van der Waals surface area contributed by atoms with Crippen LogP contribution in [0, 0.1) is 6.92 Å². The Hall–Kier alpha value is -3.23. The zero-order valence-electron chi connectivity index (χ0n) is 18.3. The van der Waals surface area contributed by atoms with Gasteiger partial charge in [0, 0.05) is 37.8 Å². The third kappa shape index (κ3) is 5.72. The Morgan fingerprint density at radius 2 is 1.88 bits per heavy atom. The van der Waals surface area contributed by atoms with Crippen LogP contribution in [0.1, 0.15) is 22.5 Å². The third-order valence-corrected chi connectivity index (χ3v) is 5.52. The largest absolute Gasteiger partial charge is 0.379 e. The second-order valence-electron chi connectivity index (χ2n) is 7.97. The maximum atomic E-state index is 13.3. The molecule has 2 heterocycles. The van der Waals surface area contributed by atoms with Crippen LogP contribution in [0.3, 0.4) is 0 Å². The maximum Gasteiger partial charge on any atom is 0.254 e. The van der Waals surface area contributed by atoms with E-state index in [0.29, 0.717) is 23.7 Å². The molecule has 1 aliphatic heterocycles. The summed E-state index contributed by atoms with van der Waals surface area (Å²) in [7, 11) is 0. The molecule has 0 unspecified atom stereocenters. The van der Waals surface area contributed by atoms with Crippen LogP contribution in [-0.2, 0) is 9.53 Å². The molecule has 1 N–H and O–H groups in total. The number of hydrogen-bond donors (Lipinski definition) is 1. The van der Waals surface area contributed by atoms with Crippen molar-refractivity contribution in [3.05, 3.63) is 59.9 Å². The lowest BCUT2D eigenvalue weighted by Crippen LogP contribution is -2.41. The minimum absolute atomic E-state index is 0.0549. The van der Waals surface area contributed by atoms with Gasteiger partial charge in [0.25, 0.3) is 5.91 Å². The fraction of sp³-hybridized carbons (Fsp3) is 0.375. The molecule has 1 aromatic heterocycles. The number of nitrogens with one attached hydrogen (secondary N) is 1. The SMILES string of the molecule is Cc1cc(NC(=O)CN(CCCN2CCOCC2)C(=O)c2ccc3ccccc3c2)no1. The Balaban J connectivity index is 1.45. The molecule has 0 spiro atoms. The molecule has 0 atom stereocenters. The molecular weight excluding hydrogens is 408 g/mol. The number of anilines is 1. The van der Waals surface area contributed by atoms with E-state index in [9.17, 15) is 9.59 Å². The van der Waals surface area contributed by atoms with Crippen LogP contribution >= 0.6 is 0 Å². The van der Waals surface area contributed by atoms with Gasteiger partial charge in [0.05, 0.1) is 13.2 Å². The number of aromatic nitrogens is 1. The fourth-order valence-corrected chi connectivity index (χ4v) is 3.85. The summed E-state index contributed by atoms with van der Waals surface area (Å²) in [4.78, 5) is 29.9. The van der Waals surface area contributed by atoms with Crippen LogP contribution < -0.4 is 5.32 Å². The van der Waals surface area contributed by atoms with Crippen molar-refractivity contribution >= 4 is 28.4 Å². The summed E-state index contributed by atoms with van der Waals surface area (Å²) in [5.41, 5.74) is 0.570. The Labute approximate surface area is 187 Å². The van der Waals surface area contributed by atoms with E-state index in [0.717, 1.165) is 50.0 Å². The van der Waals surface area contributed by atoms with E-state index in [-0.39, 0.29) is 18.4 Å². The van der Waals surface area contributed by atoms with Crippen LogP contribution in [-0.4, -0.2) is 72.7 Å². The molecule has 0 bridgehead atoms. The number of aryl methyl sites for hydroxylation is 1. The summed E-state index contributed by atoms with van der Waals surface area (Å²) in [6.07, 6.45) is 0.773. The zero-order chi connectivity index (χ0) is 22.3. The van der Waals surface area contributed by atoms with Gasteiger partial charge in [0.1, 0.15) is 12.3 Å². The second-order valence-corrected chi connectivity index (χ2v) is 7.97. The van der Waals surface area contributed by atoms with Gasteiger partial charge in [0.15, 0.2) is 5.82 Å². The highest BCUT2D eigenvalue weighted by Crippen LogP contribution is 2.17. The van der Waals surface area contributed by atoms with Crippen molar-refractivity contribution in [2.75, 3.05) is 51.3 Å². The number of benzene rings is 2. The van der Waals surface area contributed by atoms with Crippen molar-refractivity contribution in [2.24, 2.45) is 0 Å². The highest BCUT2D eigenvalue weighted by Gasteiger charge is 2.20. The molecule has 1 aliphatic rings. The fourth-order valence-electron chi connectivity index (χ4n) is 3.85. The highest BCUT2D eigenvalue weighted by molar-refractivity contribution is 6.01. The zero-order valence-corrected chi connectivity index (χ0v) is 18.3. The van der Waals surface area contributed by atoms with E-state index >= 15 is 0 Å². The van der Waals surface area contributed by atoms with E-state index in [1.807, 2.05) is 42.5 Å². The van der Waals surface area contributed by atoms with E-state index in [1.165, 1.54) is 0 Å². The van der Waals surface area contributed by atoms with Crippen LogP contribution in [0.15, 0.2) is 53.1 Å². The molecule has 8 nitrogen and oxygen atoms in total. The molecule has 32 heavy (non-hydrogen) atoms. The topological polar surface area (TPSA) is 87.9 Å². The van der Waals surface area contributed by atoms with Crippen molar-refractivity contribution in [2.45, 2.75) is 13.3 Å². The lowest BCUT2D eigenvalue weighted by molar-refractivity contribution is -0.117. The number of nitrogens with zero attached hydrogens (tertiary/aromatic N) is 3. The minimum Gasteiger partial charge on any atom is -0.379 e. The quantitative estimate of drug-likeness (QED) is 0.584. The number of morpholine rings is 1. The first-order valence-electron chi connectivity index (χ1n) is 10.9. The Morgan fingerprint density at radius 1 is 1.09 bits per heavy atom. The summed E-state index contributed by atoms with van der Waals surface area (Å²) >= 11 is 0. The minimum atomic E-state index is -0.307.